The van der Waals surface area contributed by atoms with Gasteiger partial charge in [0.25, 0.3) is 5.91 Å². The average molecular weight is 420 g/mol. The number of rotatable bonds is 7. The smallest absolute Gasteiger partial charge is 0.278 e. The largest absolute Gasteiger partial charge is 0.489 e. The lowest BCUT2D eigenvalue weighted by Crippen LogP contribution is -2.29. The van der Waals surface area contributed by atoms with Gasteiger partial charge in [0.05, 0.1) is 5.56 Å². The van der Waals surface area contributed by atoms with Crippen LogP contribution in [0.1, 0.15) is 52.2 Å². The summed E-state index contributed by atoms with van der Waals surface area (Å²) in [4.78, 5) is 15.3. The Morgan fingerprint density at radius 3 is 2.45 bits per heavy atom. The zero-order chi connectivity index (χ0) is 21.6. The highest BCUT2D eigenvalue weighted by atomic mass is 16.5. The number of hydrogen-bond acceptors (Lipinski definition) is 5. The van der Waals surface area contributed by atoms with E-state index in [0.717, 1.165) is 36.6 Å². The number of likely N-dealkylation sites (tertiary alicyclic amines) is 1. The van der Waals surface area contributed by atoms with Crippen LogP contribution in [0.15, 0.2) is 53.1 Å². The van der Waals surface area contributed by atoms with Gasteiger partial charge in [-0.1, -0.05) is 41.4 Å². The molecule has 2 heterocycles. The van der Waals surface area contributed by atoms with Crippen molar-refractivity contribution < 1.29 is 14.1 Å². The maximum Gasteiger partial charge on any atom is 0.278 e. The topological polar surface area (TPSA) is 67.6 Å². The van der Waals surface area contributed by atoms with Crippen molar-refractivity contribution in [2.24, 2.45) is 0 Å². The number of amides is 1. The predicted octanol–water partition coefficient (Wildman–Crippen LogP) is 5.11. The third kappa shape index (κ3) is 5.52. The summed E-state index contributed by atoms with van der Waals surface area (Å²) >= 11 is 0. The van der Waals surface area contributed by atoms with Crippen molar-refractivity contribution in [3.8, 4) is 5.75 Å². The third-order valence-electron chi connectivity index (χ3n) is 5.67. The number of aryl methyl sites for hydroxylation is 2. The highest BCUT2D eigenvalue weighted by Gasteiger charge is 2.20. The number of anilines is 1. The van der Waals surface area contributed by atoms with Crippen LogP contribution in [-0.4, -0.2) is 29.1 Å². The monoisotopic (exact) mass is 419 g/mol. The van der Waals surface area contributed by atoms with Gasteiger partial charge in [-0.15, -0.1) is 0 Å². The van der Waals surface area contributed by atoms with Gasteiger partial charge in [-0.3, -0.25) is 9.69 Å². The van der Waals surface area contributed by atoms with E-state index in [4.69, 9.17) is 9.26 Å². The molecule has 6 heteroatoms. The van der Waals surface area contributed by atoms with Gasteiger partial charge >= 0.3 is 0 Å². The summed E-state index contributed by atoms with van der Waals surface area (Å²) in [7, 11) is 0. The van der Waals surface area contributed by atoms with E-state index < -0.39 is 0 Å². The number of hydrogen-bond donors (Lipinski definition) is 1. The second-order valence-corrected chi connectivity index (χ2v) is 8.16. The van der Waals surface area contributed by atoms with Crippen LogP contribution in [0.5, 0.6) is 5.75 Å². The summed E-state index contributed by atoms with van der Waals surface area (Å²) in [5.74, 6) is 1.01. The minimum absolute atomic E-state index is 0.218. The van der Waals surface area contributed by atoms with E-state index in [1.165, 1.54) is 24.8 Å². The molecule has 0 atom stereocenters. The van der Waals surface area contributed by atoms with Gasteiger partial charge in [0.15, 0.2) is 5.69 Å². The lowest BCUT2D eigenvalue weighted by Gasteiger charge is -2.26. The van der Waals surface area contributed by atoms with E-state index in [-0.39, 0.29) is 18.2 Å². The van der Waals surface area contributed by atoms with Crippen molar-refractivity contribution in [2.45, 2.75) is 46.3 Å². The Balaban J connectivity index is 1.37. The lowest BCUT2D eigenvalue weighted by atomic mass is 10.1. The molecule has 2 aromatic carbocycles. The zero-order valence-corrected chi connectivity index (χ0v) is 18.2. The highest BCUT2D eigenvalue weighted by Crippen LogP contribution is 2.20. The first kappa shape index (κ1) is 21.1. The molecule has 6 nitrogen and oxygen atoms in total. The number of benzene rings is 2. The van der Waals surface area contributed by atoms with Crippen molar-refractivity contribution in [3.63, 3.8) is 0 Å². The van der Waals surface area contributed by atoms with E-state index in [0.29, 0.717) is 11.3 Å². The molecule has 1 saturated heterocycles. The number of carbonyl (C=O) groups excluding carboxylic acids is 1. The molecule has 0 aliphatic carbocycles. The molecule has 4 rings (SSSR count). The van der Waals surface area contributed by atoms with E-state index in [2.05, 4.69) is 27.5 Å². The average Bonchev–Trinajstić information content (AvgIpc) is 3.16. The van der Waals surface area contributed by atoms with Crippen molar-refractivity contribution in [1.29, 1.82) is 0 Å². The quantitative estimate of drug-likeness (QED) is 0.576. The van der Waals surface area contributed by atoms with Gasteiger partial charge in [-0.2, -0.15) is 0 Å². The van der Waals surface area contributed by atoms with Crippen LogP contribution in [0.2, 0.25) is 0 Å². The lowest BCUT2D eigenvalue weighted by molar-refractivity contribution is 0.101. The van der Waals surface area contributed by atoms with Gasteiger partial charge in [0.1, 0.15) is 18.1 Å². The minimum Gasteiger partial charge on any atom is -0.489 e. The van der Waals surface area contributed by atoms with Gasteiger partial charge < -0.3 is 14.6 Å². The summed E-state index contributed by atoms with van der Waals surface area (Å²) in [5, 5.41) is 6.88. The first-order valence-electron chi connectivity index (χ1n) is 10.9. The molecule has 1 aliphatic heterocycles. The Kier molecular flexibility index (Phi) is 6.67. The van der Waals surface area contributed by atoms with E-state index in [1.54, 1.807) is 6.92 Å². The van der Waals surface area contributed by atoms with Crippen molar-refractivity contribution in [2.75, 3.05) is 18.4 Å². The normalized spacial score (nSPS) is 14.4. The number of piperidine rings is 1. The molecule has 1 N–H and O–H groups in total. The van der Waals surface area contributed by atoms with Gasteiger partial charge in [0.2, 0.25) is 0 Å². The fourth-order valence-corrected chi connectivity index (χ4v) is 3.79. The molecular weight excluding hydrogens is 390 g/mol. The minimum atomic E-state index is -0.303. The van der Waals surface area contributed by atoms with Crippen LogP contribution in [0, 0.1) is 13.8 Å². The first-order valence-corrected chi connectivity index (χ1v) is 10.9. The molecule has 0 spiro atoms. The third-order valence-corrected chi connectivity index (χ3v) is 5.67. The number of carbonyl (C=O) groups is 1. The van der Waals surface area contributed by atoms with Crippen molar-refractivity contribution in [1.82, 2.24) is 10.1 Å². The van der Waals surface area contributed by atoms with E-state index in [1.807, 2.05) is 43.3 Å². The Hall–Kier alpha value is -3.12. The fraction of sp³-hybridized carbons (Fsp3) is 0.360. The van der Waals surface area contributed by atoms with Crippen LogP contribution in [0.25, 0.3) is 0 Å². The zero-order valence-electron chi connectivity index (χ0n) is 18.2. The first-order chi connectivity index (χ1) is 15.1. The second-order valence-electron chi connectivity index (χ2n) is 8.16. The summed E-state index contributed by atoms with van der Waals surface area (Å²) < 4.78 is 11.1. The van der Waals surface area contributed by atoms with Gasteiger partial charge in [-0.05, 0) is 69.6 Å². The number of nitrogens with one attached hydrogen (secondary N) is 1. The molecule has 1 fully saturated rings. The number of nitrogens with zero attached hydrogens (tertiary/aromatic N) is 2. The molecule has 1 aromatic heterocycles. The SMILES string of the molecule is Cc1ccc(OCc2c(C(=O)Nc3ccc(CN4CCCCC4)cc3)noc2C)cc1. The van der Waals surface area contributed by atoms with Crippen LogP contribution in [0.3, 0.4) is 0 Å². The van der Waals surface area contributed by atoms with Gasteiger partial charge in [-0.25, -0.2) is 0 Å². The standard InChI is InChI=1S/C25H29N3O3/c1-18-6-12-22(13-7-18)30-17-23-19(2)31-27-24(23)25(29)26-21-10-8-20(9-11-21)16-28-14-4-3-5-15-28/h6-13H,3-5,14-17H2,1-2H3,(H,26,29). The summed E-state index contributed by atoms with van der Waals surface area (Å²) in [5.41, 5.74) is 4.06. The molecule has 0 radical (unpaired) electrons. The van der Waals surface area contributed by atoms with Crippen molar-refractivity contribution in [3.05, 3.63) is 76.7 Å². The predicted molar refractivity (Wildman–Crippen MR) is 120 cm³/mol. The van der Waals surface area contributed by atoms with Crippen LogP contribution in [0.4, 0.5) is 5.69 Å². The fourth-order valence-electron chi connectivity index (χ4n) is 3.79. The summed E-state index contributed by atoms with van der Waals surface area (Å²) in [6.07, 6.45) is 3.89. The summed E-state index contributed by atoms with van der Waals surface area (Å²) in [6.45, 7) is 7.31. The van der Waals surface area contributed by atoms with E-state index >= 15 is 0 Å². The number of aromatic nitrogens is 1. The molecular formula is C25H29N3O3. The number of ether oxygens (including phenoxy) is 1. The molecule has 0 saturated carbocycles. The highest BCUT2D eigenvalue weighted by molar-refractivity contribution is 6.03. The Labute approximate surface area is 183 Å². The van der Waals surface area contributed by atoms with E-state index in [9.17, 15) is 4.79 Å². The molecule has 1 aliphatic rings. The van der Waals surface area contributed by atoms with Crippen molar-refractivity contribution >= 4 is 11.6 Å². The molecule has 0 unspecified atom stereocenters. The van der Waals surface area contributed by atoms with Gasteiger partial charge in [0, 0.05) is 12.2 Å². The Morgan fingerprint density at radius 2 is 1.74 bits per heavy atom. The molecule has 162 valence electrons. The van der Waals surface area contributed by atoms with Crippen LogP contribution in [-0.2, 0) is 13.2 Å². The Morgan fingerprint density at radius 1 is 1.03 bits per heavy atom. The Bertz CT molecular complexity index is 1000. The van der Waals surface area contributed by atoms with Crippen LogP contribution >= 0.6 is 0 Å². The summed E-state index contributed by atoms with van der Waals surface area (Å²) in [6, 6.07) is 15.8. The molecule has 0 bridgehead atoms. The molecule has 3 aromatic rings. The van der Waals surface area contributed by atoms with Crippen LogP contribution < -0.4 is 10.1 Å². The maximum absolute atomic E-state index is 12.8. The molecule has 1 amide bonds. The second kappa shape index (κ2) is 9.79. The molecule has 31 heavy (non-hydrogen) atoms. The maximum atomic E-state index is 12.8.